The van der Waals surface area contributed by atoms with E-state index in [1.54, 1.807) is 54.0 Å². The number of nitrogens with two attached hydrogens (primary N) is 1. The number of fused-ring (bicyclic) bond motifs is 7. The van der Waals surface area contributed by atoms with E-state index in [0.29, 0.717) is 79.5 Å². The van der Waals surface area contributed by atoms with Crippen molar-refractivity contribution < 1.29 is 28.9 Å². The molecule has 7 aromatic rings. The van der Waals surface area contributed by atoms with E-state index < -0.39 is 11.9 Å². The topological polar surface area (TPSA) is 205 Å². The number of thioether (sulfide) groups is 1. The molecule has 2 heterocycles. The van der Waals surface area contributed by atoms with Gasteiger partial charge in [0.15, 0.2) is 9.93 Å². The van der Waals surface area contributed by atoms with Crippen molar-refractivity contribution in [2.45, 2.75) is 122 Å². The number of benzene rings is 5. The Balaban J connectivity index is 0.000000179. The zero-order valence-corrected chi connectivity index (χ0v) is 53.6. The number of aliphatic hydroxyl groups is 1. The first kappa shape index (κ1) is 68.9. The van der Waals surface area contributed by atoms with Crippen LogP contribution in [-0.4, -0.2) is 75.4 Å². The number of methoxy groups -OCH3 is 1. The number of carbonyl (C=O) groups excluding carboxylic acids is 2. The lowest BCUT2D eigenvalue weighted by Crippen LogP contribution is -2.30. The number of rotatable bonds is 17. The van der Waals surface area contributed by atoms with Crippen LogP contribution in [0.3, 0.4) is 0 Å². The van der Waals surface area contributed by atoms with Crippen molar-refractivity contribution in [2.24, 2.45) is 11.7 Å². The molecule has 0 saturated heterocycles. The molecule has 2 aromatic heterocycles. The Bertz CT molecular complexity index is 3760. The van der Waals surface area contributed by atoms with E-state index in [9.17, 15) is 19.2 Å². The minimum Gasteiger partial charge on any atom is -0.465 e. The van der Waals surface area contributed by atoms with Crippen molar-refractivity contribution in [1.29, 1.82) is 5.26 Å². The number of ether oxygens (including phenoxy) is 3. The summed E-state index contributed by atoms with van der Waals surface area (Å²) in [5.74, 6) is 0.788. The van der Waals surface area contributed by atoms with Crippen LogP contribution in [0.15, 0.2) is 179 Å². The molecular formula is C72H84N6O8S2. The van der Waals surface area contributed by atoms with Crippen molar-refractivity contribution in [3.05, 3.63) is 234 Å². The molecule has 3 aliphatic carbocycles. The number of hydrogen-bond acceptors (Lipinski definition) is 13. The molecule has 5 aromatic carbocycles. The largest absolute Gasteiger partial charge is 0.465 e. The summed E-state index contributed by atoms with van der Waals surface area (Å²) >= 11 is 6.86. The van der Waals surface area contributed by atoms with Gasteiger partial charge in [-0.25, -0.2) is 9.78 Å². The summed E-state index contributed by atoms with van der Waals surface area (Å²) in [7, 11) is 1.68. The number of allylic oxidation sites excluding steroid dienone is 2. The summed E-state index contributed by atoms with van der Waals surface area (Å²) < 4.78 is 18.8. The standard InChI is InChI=1S/C19H22N2O2S.C16H16N2OS.2C14H17NO2.C9H12O/c1-4-9-21-18(22)16-12-13(2)14-7-5-6-8-15(14)17(16)20-19(21)24-11-10-23-3;1-3-8-18-15(19)13-9-10(2)11-6-4-5-7-12(11)14(13)17-16(18)20;1-3-17-14(16)12-8-9(2)10-6-4-5-7-11(10)13(12)15;1-3-17-14(16)13(10-15)9-11(2)12-7-5-4-6-8-12;1-8(7-10)9-5-3-2-4-6-9/h4-8,13H,1,9-12H2,2-3H3;3-7,10H,1,8-9H2,2H3,(H,17,20);4-7,9H,3,8,15H2,1-2H3;4-8,11,13H,3,9H2,1-2H3;2-6,8,10H,7H2,1H3. The van der Waals surface area contributed by atoms with Crippen LogP contribution in [0, 0.1) is 22.0 Å². The first-order valence-corrected chi connectivity index (χ1v) is 31.4. The summed E-state index contributed by atoms with van der Waals surface area (Å²) in [5, 5.41) is 18.5. The van der Waals surface area contributed by atoms with Gasteiger partial charge in [0.25, 0.3) is 11.1 Å². The van der Waals surface area contributed by atoms with E-state index in [0.717, 1.165) is 68.5 Å². The fourth-order valence-corrected chi connectivity index (χ4v) is 12.1. The summed E-state index contributed by atoms with van der Waals surface area (Å²) in [5.41, 5.74) is 19.9. The van der Waals surface area contributed by atoms with Gasteiger partial charge in [-0.3, -0.25) is 23.5 Å². The number of nitriles is 1. The molecule has 14 nitrogen and oxygen atoms in total. The number of hydrogen-bond donors (Lipinski definition) is 3. The Labute approximate surface area is 527 Å². The first-order chi connectivity index (χ1) is 42.5. The van der Waals surface area contributed by atoms with Crippen molar-refractivity contribution in [1.82, 2.24) is 19.1 Å². The maximum Gasteiger partial charge on any atom is 0.336 e. The maximum absolute atomic E-state index is 13.0. The Hall–Kier alpha value is -8.20. The van der Waals surface area contributed by atoms with Crippen LogP contribution in [0.25, 0.3) is 28.2 Å². The van der Waals surface area contributed by atoms with Crippen LogP contribution < -0.4 is 16.9 Å². The number of nitrogens with one attached hydrogen (secondary N) is 1. The van der Waals surface area contributed by atoms with Crippen LogP contribution in [-0.2, 0) is 49.7 Å². The predicted molar refractivity (Wildman–Crippen MR) is 357 cm³/mol. The third-order valence-corrected chi connectivity index (χ3v) is 16.9. The van der Waals surface area contributed by atoms with Crippen LogP contribution in [0.2, 0.25) is 0 Å². The van der Waals surface area contributed by atoms with Gasteiger partial charge in [-0.05, 0) is 103 Å². The molecular weight excluding hydrogens is 1140 g/mol. The van der Waals surface area contributed by atoms with Crippen molar-refractivity contribution in [3.8, 4) is 28.6 Å². The number of nitrogens with zero attached hydrogens (tertiary/aromatic N) is 4. The molecule has 0 bridgehead atoms. The Kier molecular flexibility index (Phi) is 26.9. The van der Waals surface area contributed by atoms with Gasteiger partial charge >= 0.3 is 11.9 Å². The fraction of sp³-hybridized carbons (Fsp3) is 0.347. The molecule has 0 saturated carbocycles. The highest BCUT2D eigenvalue weighted by molar-refractivity contribution is 7.99. The number of aromatic amines is 1. The minimum atomic E-state index is -0.676. The second kappa shape index (κ2) is 34.4. The maximum atomic E-state index is 13.0. The highest BCUT2D eigenvalue weighted by Gasteiger charge is 2.30. The van der Waals surface area contributed by atoms with Gasteiger partial charge in [-0.15, -0.1) is 13.2 Å². The SMILES string of the molecule is C=CCn1c(=S)[nH]c2c(c1=O)CC(C)c1ccccc1-2.C=CCn1c(SCCOC)nc2c(c1=O)CC(C)c1ccccc1-2.CC(CO)c1ccccc1.CCOC(=O)C(C#N)CC(C)c1ccccc1.CCOC(=O)C1=C(N)c2ccccc2C(C)C1. The van der Waals surface area contributed by atoms with Gasteiger partial charge in [-0.2, -0.15) is 5.26 Å². The Morgan fingerprint density at radius 3 is 1.78 bits per heavy atom. The van der Waals surface area contributed by atoms with Gasteiger partial charge in [0, 0.05) is 72.0 Å². The molecule has 0 spiro atoms. The van der Waals surface area contributed by atoms with Gasteiger partial charge in [0.05, 0.1) is 42.9 Å². The Morgan fingerprint density at radius 1 is 0.739 bits per heavy atom. The van der Waals surface area contributed by atoms with E-state index in [-0.39, 0.29) is 35.5 Å². The number of carbonyl (C=O) groups is 2. The first-order valence-electron chi connectivity index (χ1n) is 30.0. The molecule has 16 heteroatoms. The van der Waals surface area contributed by atoms with Crippen molar-refractivity contribution >= 4 is 41.6 Å². The quantitative estimate of drug-likeness (QED) is 0.0194. The lowest BCUT2D eigenvalue weighted by molar-refractivity contribution is -0.146. The highest BCUT2D eigenvalue weighted by atomic mass is 32.2. The average molecular weight is 1230 g/mol. The summed E-state index contributed by atoms with van der Waals surface area (Å²) in [6.07, 6.45) is 6.07. The lowest BCUT2D eigenvalue weighted by Gasteiger charge is -2.25. The van der Waals surface area contributed by atoms with Crippen molar-refractivity contribution in [3.63, 3.8) is 0 Å². The molecule has 3 aliphatic rings. The highest BCUT2D eigenvalue weighted by Crippen LogP contribution is 2.40. The molecule has 0 fully saturated rings. The molecule has 10 rings (SSSR count). The number of aromatic nitrogens is 4. The van der Waals surface area contributed by atoms with Gasteiger partial charge in [0.2, 0.25) is 0 Å². The third-order valence-electron chi connectivity index (χ3n) is 15.6. The predicted octanol–water partition coefficient (Wildman–Crippen LogP) is 14.0. The second-order valence-corrected chi connectivity index (χ2v) is 23.4. The van der Waals surface area contributed by atoms with E-state index in [1.165, 1.54) is 22.3 Å². The number of esters is 2. The summed E-state index contributed by atoms with van der Waals surface area (Å²) in [6.45, 7) is 23.9. The third kappa shape index (κ3) is 17.5. The molecule has 6 unspecified atom stereocenters. The van der Waals surface area contributed by atoms with Gasteiger partial charge < -0.3 is 30.0 Å². The van der Waals surface area contributed by atoms with E-state index in [2.05, 4.69) is 63.2 Å². The van der Waals surface area contributed by atoms with Gasteiger partial charge in [-0.1, -0.05) is 192 Å². The smallest absolute Gasteiger partial charge is 0.336 e. The lowest BCUT2D eigenvalue weighted by atomic mass is 9.82. The summed E-state index contributed by atoms with van der Waals surface area (Å²) in [6, 6.07) is 46.3. The fourth-order valence-electron chi connectivity index (χ4n) is 10.9. The van der Waals surface area contributed by atoms with E-state index >= 15 is 0 Å². The molecule has 0 amide bonds. The molecule has 88 heavy (non-hydrogen) atoms. The van der Waals surface area contributed by atoms with Crippen LogP contribution in [0.1, 0.15) is 135 Å². The summed E-state index contributed by atoms with van der Waals surface area (Å²) in [4.78, 5) is 57.0. The van der Waals surface area contributed by atoms with E-state index in [1.807, 2.05) is 129 Å². The molecule has 4 N–H and O–H groups in total. The molecule has 0 aliphatic heterocycles. The molecule has 462 valence electrons. The Morgan fingerprint density at radius 2 is 1.23 bits per heavy atom. The zero-order valence-electron chi connectivity index (χ0n) is 52.0. The second-order valence-electron chi connectivity index (χ2n) is 21.9. The van der Waals surface area contributed by atoms with E-state index in [4.69, 9.17) is 47.5 Å². The van der Waals surface area contributed by atoms with Gasteiger partial charge in [0.1, 0.15) is 5.92 Å². The van der Waals surface area contributed by atoms with Crippen LogP contribution in [0.4, 0.5) is 0 Å². The van der Waals surface area contributed by atoms with Crippen LogP contribution >= 0.6 is 24.0 Å². The van der Waals surface area contributed by atoms with Crippen molar-refractivity contribution in [2.75, 3.05) is 39.3 Å². The molecule has 6 atom stereocenters. The normalized spacial score (nSPS) is 15.7. The average Bonchev–Trinajstić information content (AvgIpc) is 1.06. The van der Waals surface area contributed by atoms with Crippen LogP contribution in [0.5, 0.6) is 0 Å². The number of H-pyrrole nitrogens is 1. The monoisotopic (exact) mass is 1220 g/mol. The number of aliphatic hydroxyl groups excluding tert-OH is 1. The zero-order chi connectivity index (χ0) is 63.9. The minimum absolute atomic E-state index is 0.00463. The molecule has 0 radical (unpaired) electrons.